The Hall–Kier alpha value is -1.69. The second-order valence-corrected chi connectivity index (χ2v) is 6.02. The third-order valence-electron chi connectivity index (χ3n) is 3.84. The van der Waals surface area contributed by atoms with Gasteiger partial charge in [0.05, 0.1) is 25.9 Å². The fraction of sp³-hybridized carbons (Fsp3) is 0.353. The normalized spacial score (nSPS) is 15.7. The van der Waals surface area contributed by atoms with Gasteiger partial charge in [-0.2, -0.15) is 11.3 Å². The van der Waals surface area contributed by atoms with Gasteiger partial charge >= 0.3 is 5.97 Å². The van der Waals surface area contributed by atoms with Crippen LogP contribution in [-0.4, -0.2) is 44.3 Å². The molecule has 22 heavy (non-hydrogen) atoms. The number of hydrogen-bond donors (Lipinski definition) is 0. The van der Waals surface area contributed by atoms with Gasteiger partial charge in [0.1, 0.15) is 0 Å². The van der Waals surface area contributed by atoms with E-state index in [-0.39, 0.29) is 5.97 Å². The van der Waals surface area contributed by atoms with E-state index in [1.807, 2.05) is 10.8 Å². The largest absolute Gasteiger partial charge is 0.465 e. The number of methoxy groups -OCH3 is 1. The molecule has 3 rings (SSSR count). The molecular weight excluding hydrogens is 298 g/mol. The summed E-state index contributed by atoms with van der Waals surface area (Å²) in [5.41, 5.74) is 3.90. The molecule has 0 bridgehead atoms. The quantitative estimate of drug-likeness (QED) is 0.813. The number of ether oxygens (including phenoxy) is 2. The number of carbonyl (C=O) groups excluding carboxylic acids is 1. The number of thiophene rings is 1. The number of benzene rings is 1. The third kappa shape index (κ3) is 3.38. The average molecular weight is 317 g/mol. The van der Waals surface area contributed by atoms with E-state index in [2.05, 4.69) is 29.2 Å². The molecule has 1 aliphatic rings. The summed E-state index contributed by atoms with van der Waals surface area (Å²) in [5, 5.41) is 3.83. The zero-order chi connectivity index (χ0) is 15.4. The summed E-state index contributed by atoms with van der Waals surface area (Å²) in [6.45, 7) is 4.54. The molecule has 116 valence electrons. The van der Waals surface area contributed by atoms with Gasteiger partial charge < -0.3 is 9.47 Å². The monoisotopic (exact) mass is 317 g/mol. The van der Waals surface area contributed by atoms with Gasteiger partial charge in [0.25, 0.3) is 0 Å². The van der Waals surface area contributed by atoms with E-state index in [0.29, 0.717) is 5.56 Å². The first-order valence-corrected chi connectivity index (χ1v) is 8.26. The second-order valence-electron chi connectivity index (χ2n) is 5.28. The van der Waals surface area contributed by atoms with Crippen LogP contribution in [0.4, 0.5) is 0 Å². The number of rotatable bonds is 4. The van der Waals surface area contributed by atoms with Crippen molar-refractivity contribution in [2.45, 2.75) is 6.54 Å². The molecule has 0 aliphatic carbocycles. The van der Waals surface area contributed by atoms with Crippen LogP contribution < -0.4 is 0 Å². The molecule has 0 saturated carbocycles. The maximum Gasteiger partial charge on any atom is 0.339 e. The average Bonchev–Trinajstić information content (AvgIpc) is 3.05. The topological polar surface area (TPSA) is 38.8 Å². The molecule has 5 heteroatoms. The maximum absolute atomic E-state index is 11.8. The van der Waals surface area contributed by atoms with Crippen molar-refractivity contribution >= 4 is 17.3 Å². The Morgan fingerprint density at radius 1 is 1.23 bits per heavy atom. The summed E-state index contributed by atoms with van der Waals surface area (Å²) in [4.78, 5) is 14.2. The molecule has 1 saturated heterocycles. The Kier molecular flexibility index (Phi) is 4.87. The van der Waals surface area contributed by atoms with Gasteiger partial charge in [-0.15, -0.1) is 0 Å². The lowest BCUT2D eigenvalue weighted by Crippen LogP contribution is -2.35. The first kappa shape index (κ1) is 15.2. The lowest BCUT2D eigenvalue weighted by Gasteiger charge is -2.26. The van der Waals surface area contributed by atoms with E-state index < -0.39 is 0 Å². The predicted octanol–water partition coefficient (Wildman–Crippen LogP) is 3.03. The van der Waals surface area contributed by atoms with Gasteiger partial charge in [0, 0.05) is 30.6 Å². The Labute approximate surface area is 134 Å². The van der Waals surface area contributed by atoms with E-state index in [9.17, 15) is 4.79 Å². The summed E-state index contributed by atoms with van der Waals surface area (Å²) in [5.74, 6) is -0.284. The van der Waals surface area contributed by atoms with E-state index in [4.69, 9.17) is 9.47 Å². The van der Waals surface area contributed by atoms with E-state index >= 15 is 0 Å². The van der Waals surface area contributed by atoms with Crippen LogP contribution in [0.3, 0.4) is 0 Å². The Balaban J connectivity index is 1.74. The minimum atomic E-state index is -0.284. The first-order chi connectivity index (χ1) is 10.8. The van der Waals surface area contributed by atoms with Crippen LogP contribution in [0, 0.1) is 0 Å². The molecule has 2 heterocycles. The van der Waals surface area contributed by atoms with Crippen LogP contribution in [0.1, 0.15) is 15.9 Å². The van der Waals surface area contributed by atoms with Crippen LogP contribution in [0.5, 0.6) is 0 Å². The molecule has 0 atom stereocenters. The number of nitrogens with zero attached hydrogens (tertiary/aromatic N) is 1. The molecule has 0 N–H and O–H groups in total. The third-order valence-corrected chi connectivity index (χ3v) is 4.59. The van der Waals surface area contributed by atoms with Crippen molar-refractivity contribution in [1.29, 1.82) is 0 Å². The van der Waals surface area contributed by atoms with Crippen LogP contribution >= 0.6 is 11.3 Å². The van der Waals surface area contributed by atoms with E-state index in [0.717, 1.165) is 44.0 Å². The van der Waals surface area contributed by atoms with Crippen LogP contribution in [0.2, 0.25) is 0 Å². The van der Waals surface area contributed by atoms with E-state index in [1.54, 1.807) is 0 Å². The van der Waals surface area contributed by atoms with Gasteiger partial charge in [-0.1, -0.05) is 24.3 Å². The smallest absolute Gasteiger partial charge is 0.339 e. The zero-order valence-electron chi connectivity index (χ0n) is 12.6. The molecule has 1 aliphatic heterocycles. The van der Waals surface area contributed by atoms with Gasteiger partial charge in [0.2, 0.25) is 0 Å². The highest BCUT2D eigenvalue weighted by Gasteiger charge is 2.15. The molecule has 4 nitrogen and oxygen atoms in total. The molecular formula is C17H19NO3S. The Morgan fingerprint density at radius 3 is 2.64 bits per heavy atom. The molecule has 0 amide bonds. The molecule has 1 aromatic heterocycles. The fourth-order valence-corrected chi connectivity index (χ4v) is 3.42. The highest BCUT2D eigenvalue weighted by molar-refractivity contribution is 7.08. The molecule has 0 spiro atoms. The predicted molar refractivity (Wildman–Crippen MR) is 87.2 cm³/mol. The number of carbonyl (C=O) groups is 1. The summed E-state index contributed by atoms with van der Waals surface area (Å²) >= 11 is 1.51. The number of esters is 1. The minimum Gasteiger partial charge on any atom is -0.465 e. The molecule has 0 radical (unpaired) electrons. The van der Waals surface area contributed by atoms with Gasteiger partial charge in [-0.25, -0.2) is 4.79 Å². The van der Waals surface area contributed by atoms with Gasteiger partial charge in [0.15, 0.2) is 0 Å². The van der Waals surface area contributed by atoms with Crippen molar-refractivity contribution in [3.63, 3.8) is 0 Å². The van der Waals surface area contributed by atoms with Crippen molar-refractivity contribution < 1.29 is 14.3 Å². The SMILES string of the molecule is COC(=O)c1cscc1-c1ccc(CN2CCOCC2)cc1. The summed E-state index contributed by atoms with van der Waals surface area (Å²) in [6.07, 6.45) is 0. The van der Waals surface area contributed by atoms with Crippen molar-refractivity contribution in [2.24, 2.45) is 0 Å². The summed E-state index contributed by atoms with van der Waals surface area (Å²) in [6, 6.07) is 8.40. The van der Waals surface area contributed by atoms with Crippen LogP contribution in [0.15, 0.2) is 35.0 Å². The van der Waals surface area contributed by atoms with Crippen molar-refractivity contribution in [2.75, 3.05) is 33.4 Å². The van der Waals surface area contributed by atoms with Crippen molar-refractivity contribution in [3.05, 3.63) is 46.2 Å². The lowest BCUT2D eigenvalue weighted by molar-refractivity contribution is 0.0342. The second kappa shape index (κ2) is 7.05. The van der Waals surface area contributed by atoms with Crippen LogP contribution in [-0.2, 0) is 16.0 Å². The standard InChI is InChI=1S/C17H19NO3S/c1-20-17(19)16-12-22-11-15(16)14-4-2-13(3-5-14)10-18-6-8-21-9-7-18/h2-5,11-12H,6-10H2,1H3. The van der Waals surface area contributed by atoms with Crippen molar-refractivity contribution in [3.8, 4) is 11.1 Å². The zero-order valence-corrected chi connectivity index (χ0v) is 13.4. The fourth-order valence-electron chi connectivity index (χ4n) is 2.60. The van der Waals surface area contributed by atoms with Crippen molar-refractivity contribution in [1.82, 2.24) is 4.90 Å². The van der Waals surface area contributed by atoms with Gasteiger partial charge in [-0.3, -0.25) is 4.90 Å². The molecule has 1 fully saturated rings. The Bertz CT molecular complexity index is 630. The molecule has 1 aromatic carbocycles. The first-order valence-electron chi connectivity index (χ1n) is 7.32. The summed E-state index contributed by atoms with van der Waals surface area (Å²) < 4.78 is 10.2. The summed E-state index contributed by atoms with van der Waals surface area (Å²) in [7, 11) is 1.41. The lowest BCUT2D eigenvalue weighted by atomic mass is 10.0. The van der Waals surface area contributed by atoms with E-state index in [1.165, 1.54) is 24.0 Å². The molecule has 0 unspecified atom stereocenters. The minimum absolute atomic E-state index is 0.284. The number of hydrogen-bond acceptors (Lipinski definition) is 5. The molecule has 2 aromatic rings. The van der Waals surface area contributed by atoms with Crippen LogP contribution in [0.25, 0.3) is 11.1 Å². The Morgan fingerprint density at radius 2 is 1.95 bits per heavy atom. The highest BCUT2D eigenvalue weighted by atomic mass is 32.1. The maximum atomic E-state index is 11.8. The highest BCUT2D eigenvalue weighted by Crippen LogP contribution is 2.28. The number of morpholine rings is 1. The van der Waals surface area contributed by atoms with Gasteiger partial charge in [-0.05, 0) is 16.5 Å².